The molecule has 0 spiro atoms. The van der Waals surface area contributed by atoms with Gasteiger partial charge in [0.05, 0.1) is 116 Å². The van der Waals surface area contributed by atoms with Gasteiger partial charge in [0.15, 0.2) is 5.72 Å². The van der Waals surface area contributed by atoms with Crippen molar-refractivity contribution in [1.82, 2.24) is 35.4 Å². The number of anilines is 1. The van der Waals surface area contributed by atoms with Crippen molar-refractivity contribution in [2.24, 2.45) is 11.7 Å². The maximum atomic E-state index is 14.4. The highest BCUT2D eigenvalue weighted by atomic mass is 35.5. The molecule has 0 radical (unpaired) electrons. The number of fused-ring (bicyclic) bond motifs is 5. The number of likely N-dealkylation sites (N-methyl/N-ethyl adjacent to an activating group) is 1. The topological polar surface area (TPSA) is 363 Å². The average molecular weight is 1290 g/mol. The van der Waals surface area contributed by atoms with E-state index in [0.29, 0.717) is 63.1 Å². The fourth-order valence-electron chi connectivity index (χ4n) is 10.0. The molecule has 1 unspecified atom stereocenters. The summed E-state index contributed by atoms with van der Waals surface area (Å²) < 4.78 is 58.9. The van der Waals surface area contributed by atoms with Crippen molar-refractivity contribution >= 4 is 76.6 Å². The molecular formula is C58H84ClN9O20S. The molecular weight excluding hydrogens is 1210 g/mol. The lowest BCUT2D eigenvalue weighted by Crippen LogP contribution is -2.63. The third-order valence-corrected chi connectivity index (χ3v) is 17.2. The summed E-state index contributed by atoms with van der Waals surface area (Å²) in [5.74, 6) is -4.39. The van der Waals surface area contributed by atoms with E-state index >= 15 is 0 Å². The van der Waals surface area contributed by atoms with Crippen molar-refractivity contribution in [2.75, 3.05) is 112 Å². The van der Waals surface area contributed by atoms with Gasteiger partial charge < -0.3 is 78.4 Å². The molecule has 4 bridgehead atoms. The Labute approximate surface area is 525 Å². The predicted molar refractivity (Wildman–Crippen MR) is 319 cm³/mol. The van der Waals surface area contributed by atoms with Crippen molar-refractivity contribution in [3.8, 4) is 5.75 Å². The molecule has 6 rings (SSSR count). The number of allylic oxidation sites excluding steroid dienone is 3. The number of carboxylic acids is 1. The van der Waals surface area contributed by atoms with Crippen LogP contribution in [0.3, 0.4) is 0 Å². The first-order valence-corrected chi connectivity index (χ1v) is 30.7. The maximum absolute atomic E-state index is 14.4. The van der Waals surface area contributed by atoms with E-state index < -0.39 is 101 Å². The largest absolute Gasteiger partial charge is 0.495 e. The maximum Gasteiger partial charge on any atom is 0.409 e. The van der Waals surface area contributed by atoms with Crippen LogP contribution in [0.25, 0.3) is 0 Å². The highest BCUT2D eigenvalue weighted by Crippen LogP contribution is 2.49. The monoisotopic (exact) mass is 1290 g/mol. The number of esters is 1. The van der Waals surface area contributed by atoms with Gasteiger partial charge in [-0.2, -0.15) is 0 Å². The molecule has 6 N–H and O–H groups in total. The van der Waals surface area contributed by atoms with Crippen molar-refractivity contribution in [3.63, 3.8) is 0 Å². The molecule has 5 heterocycles. The van der Waals surface area contributed by atoms with Crippen molar-refractivity contribution in [3.05, 3.63) is 58.4 Å². The number of hydrogen-bond acceptors (Lipinski definition) is 23. The number of alkyl carbamates (subject to hydrolysis) is 1. The number of ether oxygens (including phenoxy) is 10. The number of aromatic nitrogens is 3. The van der Waals surface area contributed by atoms with Crippen LogP contribution in [0.2, 0.25) is 5.02 Å². The molecule has 89 heavy (non-hydrogen) atoms. The number of rotatable bonds is 32. The van der Waals surface area contributed by atoms with E-state index in [-0.39, 0.29) is 94.9 Å². The number of amides is 6. The molecule has 3 saturated heterocycles. The number of aliphatic hydroxyl groups is 1. The normalized spacial score (nSPS) is 25.4. The van der Waals surface area contributed by atoms with Crippen LogP contribution < -0.4 is 26.0 Å². The van der Waals surface area contributed by atoms with E-state index in [2.05, 4.69) is 20.9 Å². The molecule has 0 saturated carbocycles. The number of hydrogen-bond donors (Lipinski definition) is 5. The van der Waals surface area contributed by atoms with Gasteiger partial charge in [0.1, 0.15) is 52.5 Å². The van der Waals surface area contributed by atoms with Crippen LogP contribution in [0.4, 0.5) is 10.5 Å². The smallest absolute Gasteiger partial charge is 0.409 e. The molecule has 494 valence electrons. The SMILES string of the molecule is COc1cc2cc(c1Cl)N(C)C(=O)C[C@H](OC(=O)[C@H](C)N(C)C(=O)CCOCCn1cc(COCCOCCOCCOCCNC(=O)CCN3C(=O)CC(SC[C@H](N)C(=O)O)C3=O)nn1)[C@]1(C)O[C@H]1[C@H](C)[C@@H]1C[C@@](O)(NC(=O)O1)[C@H](OC)/C=C/C=C(\C)C2. The fourth-order valence-corrected chi connectivity index (χ4v) is 11.5. The lowest BCUT2D eigenvalue weighted by Gasteiger charge is -2.42. The van der Waals surface area contributed by atoms with E-state index in [0.717, 1.165) is 27.8 Å². The number of halogens is 1. The Kier molecular flexibility index (Phi) is 27.6. The second kappa shape index (κ2) is 34.2. The summed E-state index contributed by atoms with van der Waals surface area (Å²) in [7, 11) is 5.90. The second-order valence-electron chi connectivity index (χ2n) is 22.1. The molecule has 3 fully saturated rings. The number of likely N-dealkylation sites (tertiary alicyclic amines) is 1. The van der Waals surface area contributed by atoms with Gasteiger partial charge in [0, 0.05) is 65.2 Å². The lowest BCUT2D eigenvalue weighted by molar-refractivity contribution is -0.162. The van der Waals surface area contributed by atoms with Crippen molar-refractivity contribution < 1.29 is 95.9 Å². The van der Waals surface area contributed by atoms with E-state index in [4.69, 9.17) is 69.8 Å². The number of aliphatic carboxylic acids is 1. The standard InChI is InChI=1S/C58H84ClN9O20S/c1-35-10-9-11-45(80-8)58(78)31-43(86-56(77)62-58)36(2)52-57(4,88-52)46(30-49(71)66(6)41-27-38(26-35)28-42(79-7)51(41)59)87-55(76)37(3)65(5)48(70)13-17-81-19-16-67-32-39(63-64-67)33-85-25-24-84-23-22-83-21-20-82-18-14-61-47(69)12-15-68-50(72)29-44(53(68)73)89-34-40(60)54(74)75/h9-11,27-28,32,36-37,40,43-46,52,78H,12-26,29-31,33-34,60H2,1-8H3,(H,61,69)(H,62,77)(H,74,75)/b11-9+,35-10+/t36-,37+,40+,43+,44?,45-,46+,52+,57+,58+/m1/s1. The summed E-state index contributed by atoms with van der Waals surface area (Å²) in [5, 5.41) is 33.7. The van der Waals surface area contributed by atoms with E-state index in [9.17, 15) is 43.5 Å². The minimum absolute atomic E-state index is 0.0121. The Hall–Kier alpha value is -6.32. The van der Waals surface area contributed by atoms with Gasteiger partial charge in [0.2, 0.25) is 29.5 Å². The third-order valence-electron chi connectivity index (χ3n) is 15.5. The van der Waals surface area contributed by atoms with Gasteiger partial charge in [-0.1, -0.05) is 47.5 Å². The Balaban J connectivity index is 0.861. The fraction of sp³-hybridized carbons (Fsp3) is 0.655. The average Bonchev–Trinajstić information content (AvgIpc) is 1.61. The highest BCUT2D eigenvalue weighted by molar-refractivity contribution is 8.00. The zero-order valence-corrected chi connectivity index (χ0v) is 53.1. The van der Waals surface area contributed by atoms with E-state index in [1.165, 1.54) is 38.0 Å². The molecule has 29 nitrogen and oxygen atoms in total. The number of nitrogens with two attached hydrogens (primary N) is 1. The number of benzene rings is 1. The number of thioether (sulfide) groups is 1. The van der Waals surface area contributed by atoms with Crippen LogP contribution in [0.1, 0.15) is 71.1 Å². The van der Waals surface area contributed by atoms with Crippen LogP contribution in [0.15, 0.2) is 42.1 Å². The summed E-state index contributed by atoms with van der Waals surface area (Å²) in [5.41, 5.74) is 4.91. The zero-order chi connectivity index (χ0) is 65.0. The Bertz CT molecular complexity index is 2850. The minimum Gasteiger partial charge on any atom is -0.495 e. The minimum atomic E-state index is -1.88. The molecule has 31 heteroatoms. The van der Waals surface area contributed by atoms with Gasteiger partial charge in [-0.25, -0.2) is 14.3 Å². The zero-order valence-electron chi connectivity index (χ0n) is 51.5. The van der Waals surface area contributed by atoms with Crippen LogP contribution in [0.5, 0.6) is 5.75 Å². The molecule has 0 aliphatic carbocycles. The summed E-state index contributed by atoms with van der Waals surface area (Å²) in [6.45, 7) is 9.85. The number of carboxylic acid groups (broad SMARTS) is 1. The third kappa shape index (κ3) is 20.6. The van der Waals surface area contributed by atoms with Crippen LogP contribution in [-0.4, -0.2) is 242 Å². The number of epoxide rings is 1. The van der Waals surface area contributed by atoms with Crippen LogP contribution in [0, 0.1) is 5.92 Å². The first-order valence-electron chi connectivity index (χ1n) is 29.2. The van der Waals surface area contributed by atoms with Gasteiger partial charge >= 0.3 is 18.0 Å². The Morgan fingerprint density at radius 3 is 2.34 bits per heavy atom. The molecule has 1 aromatic heterocycles. The number of carbonyl (C=O) groups is 8. The summed E-state index contributed by atoms with van der Waals surface area (Å²) in [6.07, 6.45) is 1.94. The van der Waals surface area contributed by atoms with Gasteiger partial charge in [-0.15, -0.1) is 16.9 Å². The number of nitrogens with one attached hydrogen (secondary N) is 2. The second-order valence-corrected chi connectivity index (χ2v) is 23.7. The number of carbonyl (C=O) groups excluding carboxylic acids is 7. The van der Waals surface area contributed by atoms with Gasteiger partial charge in [-0.05, 0) is 44.9 Å². The van der Waals surface area contributed by atoms with E-state index in [1.54, 1.807) is 56.1 Å². The van der Waals surface area contributed by atoms with Gasteiger partial charge in [0.25, 0.3) is 0 Å². The molecule has 10 atom stereocenters. The first kappa shape index (κ1) is 71.8. The van der Waals surface area contributed by atoms with Crippen molar-refractivity contribution in [1.29, 1.82) is 0 Å². The van der Waals surface area contributed by atoms with Gasteiger partial charge in [-0.3, -0.25) is 39.0 Å². The number of methoxy groups -OCH3 is 2. The van der Waals surface area contributed by atoms with E-state index in [1.807, 2.05) is 13.0 Å². The lowest BCUT2D eigenvalue weighted by atomic mass is 9.83. The summed E-state index contributed by atoms with van der Waals surface area (Å²) in [6, 6.07) is 1.29. The molecule has 1 aromatic carbocycles. The Morgan fingerprint density at radius 2 is 1.65 bits per heavy atom. The number of nitrogens with zero attached hydrogens (tertiary/aromatic N) is 6. The Morgan fingerprint density at radius 1 is 0.966 bits per heavy atom. The molecule has 4 aliphatic rings. The first-order chi connectivity index (χ1) is 42.4. The molecule has 6 amide bonds. The van der Waals surface area contributed by atoms with Crippen LogP contribution in [-0.2, 0) is 95.8 Å². The molecule has 2 aromatic rings. The quantitative estimate of drug-likeness (QED) is 0.0300. The van der Waals surface area contributed by atoms with Crippen LogP contribution >= 0.6 is 23.4 Å². The molecule has 4 aliphatic heterocycles. The highest BCUT2D eigenvalue weighted by Gasteiger charge is 2.64. The number of imide groups is 1. The summed E-state index contributed by atoms with van der Waals surface area (Å²) in [4.78, 5) is 106. The van der Waals surface area contributed by atoms with Crippen molar-refractivity contribution in [2.45, 2.75) is 132 Å². The summed E-state index contributed by atoms with van der Waals surface area (Å²) >= 11 is 7.84. The predicted octanol–water partition coefficient (Wildman–Crippen LogP) is 1.56.